The van der Waals surface area contributed by atoms with Crippen molar-refractivity contribution in [3.8, 4) is 0 Å². The summed E-state index contributed by atoms with van der Waals surface area (Å²) in [6.45, 7) is 7.61. The minimum atomic E-state index is 0. The van der Waals surface area contributed by atoms with Gasteiger partial charge < -0.3 is 5.73 Å². The average Bonchev–Trinajstić information content (AvgIpc) is 2.64. The molecule has 0 aliphatic carbocycles. The second-order valence-electron chi connectivity index (χ2n) is 4.91. The van der Waals surface area contributed by atoms with E-state index in [9.17, 15) is 0 Å². The van der Waals surface area contributed by atoms with Gasteiger partial charge in [-0.25, -0.2) is 0 Å². The zero-order chi connectivity index (χ0) is 11.5. The number of aryl methyl sites for hydroxylation is 1. The second-order valence-corrected chi connectivity index (χ2v) is 6.28. The van der Waals surface area contributed by atoms with Crippen molar-refractivity contribution >= 4 is 23.7 Å². The molecule has 1 saturated heterocycles. The van der Waals surface area contributed by atoms with E-state index in [1.165, 1.54) is 29.1 Å². The molecule has 0 spiro atoms. The molecule has 0 radical (unpaired) electrons. The SMILES string of the molecule is Cc1ccc(CN2CCCC(C)C2CN)s1.Cl. The van der Waals surface area contributed by atoms with Gasteiger partial charge >= 0.3 is 0 Å². The summed E-state index contributed by atoms with van der Waals surface area (Å²) < 4.78 is 0. The van der Waals surface area contributed by atoms with Gasteiger partial charge in [-0.2, -0.15) is 0 Å². The van der Waals surface area contributed by atoms with Crippen LogP contribution in [-0.2, 0) is 6.54 Å². The van der Waals surface area contributed by atoms with E-state index < -0.39 is 0 Å². The highest BCUT2D eigenvalue weighted by atomic mass is 35.5. The van der Waals surface area contributed by atoms with Crippen LogP contribution in [0.2, 0.25) is 0 Å². The maximum atomic E-state index is 5.90. The largest absolute Gasteiger partial charge is 0.329 e. The van der Waals surface area contributed by atoms with Crippen molar-refractivity contribution in [2.24, 2.45) is 11.7 Å². The third-order valence-electron chi connectivity index (χ3n) is 3.63. The van der Waals surface area contributed by atoms with E-state index in [2.05, 4.69) is 30.9 Å². The third-order valence-corrected chi connectivity index (χ3v) is 4.61. The van der Waals surface area contributed by atoms with Gasteiger partial charge in [0.2, 0.25) is 0 Å². The fraction of sp³-hybridized carbons (Fsp3) is 0.692. The monoisotopic (exact) mass is 274 g/mol. The summed E-state index contributed by atoms with van der Waals surface area (Å²) in [4.78, 5) is 5.45. The highest BCUT2D eigenvalue weighted by molar-refractivity contribution is 7.11. The summed E-state index contributed by atoms with van der Waals surface area (Å²) in [5.41, 5.74) is 5.90. The van der Waals surface area contributed by atoms with E-state index in [0.717, 1.165) is 19.0 Å². The molecule has 1 aromatic rings. The number of rotatable bonds is 3. The molecule has 1 fully saturated rings. The molecule has 2 unspecified atom stereocenters. The van der Waals surface area contributed by atoms with Gasteiger partial charge in [-0.05, 0) is 44.4 Å². The molecule has 1 aromatic heterocycles. The Morgan fingerprint density at radius 1 is 1.47 bits per heavy atom. The number of nitrogens with two attached hydrogens (primary N) is 1. The van der Waals surface area contributed by atoms with Crippen molar-refractivity contribution in [2.45, 2.75) is 39.3 Å². The fourth-order valence-electron chi connectivity index (χ4n) is 2.68. The maximum Gasteiger partial charge on any atom is 0.0331 e. The Labute approximate surface area is 115 Å². The van der Waals surface area contributed by atoms with E-state index in [1.807, 2.05) is 11.3 Å². The van der Waals surface area contributed by atoms with Gasteiger partial charge in [0, 0.05) is 28.9 Å². The fourth-order valence-corrected chi connectivity index (χ4v) is 3.60. The van der Waals surface area contributed by atoms with Gasteiger partial charge in [-0.1, -0.05) is 6.92 Å². The van der Waals surface area contributed by atoms with Crippen LogP contribution in [0.1, 0.15) is 29.5 Å². The van der Waals surface area contributed by atoms with Gasteiger partial charge in [0.05, 0.1) is 0 Å². The van der Waals surface area contributed by atoms with Crippen molar-refractivity contribution in [3.05, 3.63) is 21.9 Å². The molecule has 1 aliphatic heterocycles. The van der Waals surface area contributed by atoms with E-state index in [0.29, 0.717) is 6.04 Å². The van der Waals surface area contributed by atoms with Crippen LogP contribution in [0.3, 0.4) is 0 Å². The summed E-state index contributed by atoms with van der Waals surface area (Å²) >= 11 is 1.91. The third kappa shape index (κ3) is 3.68. The zero-order valence-electron chi connectivity index (χ0n) is 10.7. The Balaban J connectivity index is 0.00000144. The molecule has 0 amide bonds. The predicted molar refractivity (Wildman–Crippen MR) is 78.0 cm³/mol. The number of likely N-dealkylation sites (tertiary alicyclic amines) is 1. The van der Waals surface area contributed by atoms with Crippen molar-refractivity contribution in [1.82, 2.24) is 4.90 Å². The van der Waals surface area contributed by atoms with Gasteiger partial charge in [-0.15, -0.1) is 23.7 Å². The predicted octanol–water partition coefficient (Wildman–Crippen LogP) is 3.04. The van der Waals surface area contributed by atoms with Crippen molar-refractivity contribution < 1.29 is 0 Å². The van der Waals surface area contributed by atoms with Crippen molar-refractivity contribution in [1.29, 1.82) is 0 Å². The van der Waals surface area contributed by atoms with E-state index >= 15 is 0 Å². The normalized spacial score (nSPS) is 25.6. The first-order valence-corrected chi connectivity index (χ1v) is 7.02. The summed E-state index contributed by atoms with van der Waals surface area (Å²) in [7, 11) is 0. The molecule has 0 saturated carbocycles. The number of hydrogen-bond acceptors (Lipinski definition) is 3. The number of hydrogen-bond donors (Lipinski definition) is 1. The number of thiophene rings is 1. The molecule has 4 heteroatoms. The van der Waals surface area contributed by atoms with Crippen LogP contribution in [0.4, 0.5) is 0 Å². The molecule has 2 rings (SSSR count). The number of nitrogens with zero attached hydrogens (tertiary/aromatic N) is 1. The first-order valence-electron chi connectivity index (χ1n) is 6.20. The summed E-state index contributed by atoms with van der Waals surface area (Å²) in [5.74, 6) is 0.750. The van der Waals surface area contributed by atoms with Gasteiger partial charge in [-0.3, -0.25) is 4.90 Å². The van der Waals surface area contributed by atoms with Crippen LogP contribution < -0.4 is 5.73 Å². The molecule has 17 heavy (non-hydrogen) atoms. The second kappa shape index (κ2) is 6.74. The highest BCUT2D eigenvalue weighted by Crippen LogP contribution is 2.26. The Kier molecular flexibility index (Phi) is 5.93. The molecule has 2 nitrogen and oxygen atoms in total. The molecule has 0 bridgehead atoms. The van der Waals surface area contributed by atoms with Crippen LogP contribution in [-0.4, -0.2) is 24.0 Å². The molecule has 2 N–H and O–H groups in total. The minimum Gasteiger partial charge on any atom is -0.329 e. The van der Waals surface area contributed by atoms with Crippen LogP contribution in [0.5, 0.6) is 0 Å². The van der Waals surface area contributed by atoms with Crippen LogP contribution in [0.15, 0.2) is 12.1 Å². The maximum absolute atomic E-state index is 5.90. The Hall–Kier alpha value is -0.0900. The molecule has 98 valence electrons. The van der Waals surface area contributed by atoms with Gasteiger partial charge in [0.15, 0.2) is 0 Å². The summed E-state index contributed by atoms with van der Waals surface area (Å²) in [6, 6.07) is 5.05. The van der Waals surface area contributed by atoms with Crippen LogP contribution in [0, 0.1) is 12.8 Å². The van der Waals surface area contributed by atoms with Crippen LogP contribution in [0.25, 0.3) is 0 Å². The summed E-state index contributed by atoms with van der Waals surface area (Å²) in [5, 5.41) is 0. The lowest BCUT2D eigenvalue weighted by Gasteiger charge is -2.39. The van der Waals surface area contributed by atoms with Crippen molar-refractivity contribution in [2.75, 3.05) is 13.1 Å². The Bertz CT molecular complexity index is 340. The van der Waals surface area contributed by atoms with E-state index in [4.69, 9.17) is 5.73 Å². The minimum absolute atomic E-state index is 0. The Morgan fingerprint density at radius 2 is 2.24 bits per heavy atom. The number of halogens is 1. The molecule has 1 aliphatic rings. The first kappa shape index (κ1) is 15.0. The molecular formula is C13H23ClN2S. The first-order chi connectivity index (χ1) is 7.70. The van der Waals surface area contributed by atoms with Crippen LogP contribution >= 0.6 is 23.7 Å². The highest BCUT2D eigenvalue weighted by Gasteiger charge is 2.27. The topological polar surface area (TPSA) is 29.3 Å². The molecule has 0 aromatic carbocycles. The quantitative estimate of drug-likeness (QED) is 0.918. The smallest absolute Gasteiger partial charge is 0.0331 e. The standard InChI is InChI=1S/C13H22N2S.ClH/c1-10-4-3-7-15(13(10)8-14)9-12-6-5-11(2)16-12;/h5-6,10,13H,3-4,7-9,14H2,1-2H3;1H. The average molecular weight is 275 g/mol. The lowest BCUT2D eigenvalue weighted by Crippen LogP contribution is -2.47. The lowest BCUT2D eigenvalue weighted by molar-refractivity contribution is 0.100. The molecule has 2 heterocycles. The molecular weight excluding hydrogens is 252 g/mol. The van der Waals surface area contributed by atoms with E-state index in [-0.39, 0.29) is 12.4 Å². The zero-order valence-corrected chi connectivity index (χ0v) is 12.3. The summed E-state index contributed by atoms with van der Waals surface area (Å²) in [6.07, 6.45) is 2.66. The number of piperidine rings is 1. The Morgan fingerprint density at radius 3 is 2.82 bits per heavy atom. The molecule has 2 atom stereocenters. The lowest BCUT2D eigenvalue weighted by atomic mass is 9.91. The van der Waals surface area contributed by atoms with Gasteiger partial charge in [0.1, 0.15) is 0 Å². The van der Waals surface area contributed by atoms with Crippen molar-refractivity contribution in [3.63, 3.8) is 0 Å². The van der Waals surface area contributed by atoms with E-state index in [1.54, 1.807) is 0 Å². The van der Waals surface area contributed by atoms with Gasteiger partial charge in [0.25, 0.3) is 0 Å².